The number of carbonyl (C=O) groups excluding carboxylic acids is 2. The number of rotatable bonds is 13. The van der Waals surface area contributed by atoms with Gasteiger partial charge < -0.3 is 19.5 Å². The molecule has 0 atom stereocenters. The molecular weight excluding hydrogens is 466 g/mol. The molecule has 0 radical (unpaired) electrons. The van der Waals surface area contributed by atoms with Crippen LogP contribution < -0.4 is 14.8 Å². The molecule has 0 aromatic heterocycles. The summed E-state index contributed by atoms with van der Waals surface area (Å²) in [6, 6.07) is 21.2. The van der Waals surface area contributed by atoms with E-state index < -0.39 is 0 Å². The highest BCUT2D eigenvalue weighted by Crippen LogP contribution is 2.25. The van der Waals surface area contributed by atoms with Crippen LogP contribution in [-0.4, -0.2) is 25.1 Å². The molecule has 0 heterocycles. The lowest BCUT2D eigenvalue weighted by Gasteiger charge is -2.14. The summed E-state index contributed by atoms with van der Waals surface area (Å²) in [4.78, 5) is 24.5. The third kappa shape index (κ3) is 8.98. The Hall–Kier alpha value is -3.80. The first-order valence-electron chi connectivity index (χ1n) is 12.9. The number of hydrogen-bond acceptors (Lipinski definition) is 5. The molecule has 0 saturated heterocycles. The predicted octanol–water partition coefficient (Wildman–Crippen LogP) is 6.75. The van der Waals surface area contributed by atoms with Crippen molar-refractivity contribution in [3.05, 3.63) is 89.0 Å². The summed E-state index contributed by atoms with van der Waals surface area (Å²) in [5.74, 6) is 1.33. The molecule has 6 nitrogen and oxygen atoms in total. The maximum atomic E-state index is 13.0. The fourth-order valence-corrected chi connectivity index (χ4v) is 3.88. The van der Waals surface area contributed by atoms with Crippen LogP contribution in [0.15, 0.2) is 66.7 Å². The summed E-state index contributed by atoms with van der Waals surface area (Å²) in [6.45, 7) is 9.30. The zero-order valence-corrected chi connectivity index (χ0v) is 22.2. The lowest BCUT2D eigenvalue weighted by atomic mass is 10.0. The minimum absolute atomic E-state index is 0.250. The van der Waals surface area contributed by atoms with Crippen LogP contribution in [0.3, 0.4) is 0 Å². The van der Waals surface area contributed by atoms with Gasteiger partial charge in [-0.05, 0) is 79.6 Å². The Morgan fingerprint density at radius 3 is 2.35 bits per heavy atom. The number of carbonyl (C=O) groups is 2. The average Bonchev–Trinajstić information content (AvgIpc) is 2.87. The SMILES string of the molecule is CCOC(=O)CCCOc1ccccc1C(=O)Nc1ccc(OCc2ccc(CC(C)C)cc2)cc1C. The van der Waals surface area contributed by atoms with E-state index >= 15 is 0 Å². The number of amides is 1. The molecule has 0 saturated carbocycles. The van der Waals surface area contributed by atoms with Crippen molar-refractivity contribution in [3.8, 4) is 11.5 Å². The average molecular weight is 504 g/mol. The topological polar surface area (TPSA) is 73.9 Å². The Morgan fingerprint density at radius 1 is 0.919 bits per heavy atom. The van der Waals surface area contributed by atoms with E-state index in [0.717, 1.165) is 23.3 Å². The largest absolute Gasteiger partial charge is 0.493 e. The molecule has 3 aromatic carbocycles. The van der Waals surface area contributed by atoms with Crippen molar-refractivity contribution in [2.75, 3.05) is 18.5 Å². The molecule has 3 rings (SSSR count). The van der Waals surface area contributed by atoms with Crippen LogP contribution in [0.4, 0.5) is 5.69 Å². The van der Waals surface area contributed by atoms with Gasteiger partial charge in [-0.1, -0.05) is 50.2 Å². The number of benzene rings is 3. The van der Waals surface area contributed by atoms with Crippen LogP contribution in [-0.2, 0) is 22.6 Å². The number of anilines is 1. The van der Waals surface area contributed by atoms with Crippen molar-refractivity contribution in [3.63, 3.8) is 0 Å². The van der Waals surface area contributed by atoms with E-state index in [1.165, 1.54) is 5.56 Å². The van der Waals surface area contributed by atoms with Crippen LogP contribution >= 0.6 is 0 Å². The van der Waals surface area contributed by atoms with Gasteiger partial charge in [-0.25, -0.2) is 0 Å². The first kappa shape index (κ1) is 27.8. The quantitative estimate of drug-likeness (QED) is 0.206. The van der Waals surface area contributed by atoms with Gasteiger partial charge in [0, 0.05) is 12.1 Å². The number of para-hydroxylation sites is 1. The number of nitrogens with one attached hydrogen (secondary N) is 1. The summed E-state index contributed by atoms with van der Waals surface area (Å²) < 4.78 is 16.7. The Balaban J connectivity index is 1.55. The molecule has 1 amide bonds. The third-order valence-electron chi connectivity index (χ3n) is 5.74. The van der Waals surface area contributed by atoms with E-state index in [2.05, 4.69) is 43.4 Å². The van der Waals surface area contributed by atoms with E-state index in [4.69, 9.17) is 14.2 Å². The van der Waals surface area contributed by atoms with Gasteiger partial charge in [-0.2, -0.15) is 0 Å². The van der Waals surface area contributed by atoms with Crippen LogP contribution in [0.2, 0.25) is 0 Å². The highest BCUT2D eigenvalue weighted by molar-refractivity contribution is 6.06. The highest BCUT2D eigenvalue weighted by Gasteiger charge is 2.14. The number of aryl methyl sites for hydroxylation is 1. The summed E-state index contributed by atoms with van der Waals surface area (Å²) in [5.41, 5.74) is 4.47. The molecule has 196 valence electrons. The fraction of sp³-hybridized carbons (Fsp3) is 0.355. The van der Waals surface area contributed by atoms with Gasteiger partial charge >= 0.3 is 5.97 Å². The van der Waals surface area contributed by atoms with Crippen molar-refractivity contribution in [1.82, 2.24) is 0 Å². The first-order chi connectivity index (χ1) is 17.9. The second-order valence-corrected chi connectivity index (χ2v) is 9.39. The molecule has 0 aliphatic rings. The Morgan fingerprint density at radius 2 is 1.65 bits per heavy atom. The van der Waals surface area contributed by atoms with Crippen LogP contribution in [0.25, 0.3) is 0 Å². The molecule has 0 aliphatic heterocycles. The molecule has 0 fully saturated rings. The van der Waals surface area contributed by atoms with Crippen molar-refractivity contribution < 1.29 is 23.8 Å². The number of ether oxygens (including phenoxy) is 3. The zero-order valence-electron chi connectivity index (χ0n) is 22.2. The van der Waals surface area contributed by atoms with Gasteiger partial charge in [-0.15, -0.1) is 0 Å². The van der Waals surface area contributed by atoms with Crippen LogP contribution in [0.5, 0.6) is 11.5 Å². The Labute approximate surface area is 220 Å². The smallest absolute Gasteiger partial charge is 0.305 e. The number of esters is 1. The fourth-order valence-electron chi connectivity index (χ4n) is 3.88. The predicted molar refractivity (Wildman–Crippen MR) is 146 cm³/mol. The van der Waals surface area contributed by atoms with E-state index in [1.807, 2.05) is 31.2 Å². The maximum absolute atomic E-state index is 13.0. The Kier molecular flexibility index (Phi) is 10.6. The Bertz CT molecular complexity index is 1170. The summed E-state index contributed by atoms with van der Waals surface area (Å²) in [6.07, 6.45) is 1.86. The van der Waals surface area contributed by atoms with E-state index in [9.17, 15) is 9.59 Å². The highest BCUT2D eigenvalue weighted by atomic mass is 16.5. The third-order valence-corrected chi connectivity index (χ3v) is 5.74. The van der Waals surface area contributed by atoms with Crippen molar-refractivity contribution >= 4 is 17.6 Å². The van der Waals surface area contributed by atoms with Gasteiger partial charge in [0.2, 0.25) is 0 Å². The second kappa shape index (κ2) is 14.1. The standard InChI is InChI=1S/C31H37NO5/c1-5-35-30(33)11-8-18-36-29-10-7-6-9-27(29)31(34)32-28-17-16-26(20-23(28)4)37-21-25-14-12-24(13-15-25)19-22(2)3/h6-7,9-10,12-17,20,22H,5,8,11,18-19,21H2,1-4H3,(H,32,34). The molecule has 3 aromatic rings. The summed E-state index contributed by atoms with van der Waals surface area (Å²) in [7, 11) is 0. The van der Waals surface area contributed by atoms with E-state index in [1.54, 1.807) is 25.1 Å². The summed E-state index contributed by atoms with van der Waals surface area (Å²) in [5, 5.41) is 2.97. The van der Waals surface area contributed by atoms with Gasteiger partial charge in [-0.3, -0.25) is 9.59 Å². The first-order valence-corrected chi connectivity index (χ1v) is 12.9. The van der Waals surface area contributed by atoms with Crippen molar-refractivity contribution in [2.45, 2.75) is 53.6 Å². The normalized spacial score (nSPS) is 10.7. The maximum Gasteiger partial charge on any atom is 0.305 e. The zero-order chi connectivity index (χ0) is 26.6. The van der Waals surface area contributed by atoms with Crippen molar-refractivity contribution in [1.29, 1.82) is 0 Å². The molecule has 37 heavy (non-hydrogen) atoms. The molecule has 6 heteroatoms. The van der Waals surface area contributed by atoms with Gasteiger partial charge in [0.05, 0.1) is 18.8 Å². The second-order valence-electron chi connectivity index (χ2n) is 9.39. The molecule has 0 bridgehead atoms. The molecule has 1 N–H and O–H groups in total. The minimum atomic E-state index is -0.265. The van der Waals surface area contributed by atoms with E-state index in [-0.39, 0.29) is 18.3 Å². The molecule has 0 aliphatic carbocycles. The lowest BCUT2D eigenvalue weighted by Crippen LogP contribution is -2.15. The molecular formula is C31H37NO5. The molecule has 0 spiro atoms. The van der Waals surface area contributed by atoms with Crippen LogP contribution in [0, 0.1) is 12.8 Å². The molecule has 0 unspecified atom stereocenters. The van der Waals surface area contributed by atoms with Crippen molar-refractivity contribution in [2.24, 2.45) is 5.92 Å². The lowest BCUT2D eigenvalue weighted by molar-refractivity contribution is -0.143. The number of hydrogen-bond donors (Lipinski definition) is 1. The van der Waals surface area contributed by atoms with Gasteiger partial charge in [0.1, 0.15) is 18.1 Å². The minimum Gasteiger partial charge on any atom is -0.493 e. The van der Waals surface area contributed by atoms with Gasteiger partial charge in [0.15, 0.2) is 0 Å². The van der Waals surface area contributed by atoms with Crippen LogP contribution in [0.1, 0.15) is 60.7 Å². The summed E-state index contributed by atoms with van der Waals surface area (Å²) >= 11 is 0. The van der Waals surface area contributed by atoms with E-state index in [0.29, 0.717) is 49.2 Å². The van der Waals surface area contributed by atoms with Gasteiger partial charge in [0.25, 0.3) is 5.91 Å². The monoisotopic (exact) mass is 503 g/mol.